The van der Waals surface area contributed by atoms with Gasteiger partial charge < -0.3 is 10.2 Å². The number of benzene rings is 2. The van der Waals surface area contributed by atoms with Crippen LogP contribution in [0, 0.1) is 12.8 Å². The molecule has 8 nitrogen and oxygen atoms in total. The summed E-state index contributed by atoms with van der Waals surface area (Å²) in [6, 6.07) is 15.6. The summed E-state index contributed by atoms with van der Waals surface area (Å²) >= 11 is 0. The second kappa shape index (κ2) is 8.22. The fraction of sp³-hybridized carbons (Fsp3) is 0.286. The summed E-state index contributed by atoms with van der Waals surface area (Å²) in [4.78, 5) is 26.8. The molecule has 29 heavy (non-hydrogen) atoms. The summed E-state index contributed by atoms with van der Waals surface area (Å²) in [6.45, 7) is 3.02. The van der Waals surface area contributed by atoms with E-state index >= 15 is 0 Å². The molecule has 0 spiro atoms. The van der Waals surface area contributed by atoms with E-state index in [9.17, 15) is 9.59 Å². The molecule has 0 bridgehead atoms. The minimum Gasteiger partial charge on any atom is -0.342 e. The van der Waals surface area contributed by atoms with E-state index in [0.717, 1.165) is 17.7 Å². The van der Waals surface area contributed by atoms with Crippen LogP contribution in [0.1, 0.15) is 17.5 Å². The van der Waals surface area contributed by atoms with Crippen molar-refractivity contribution in [1.82, 2.24) is 25.1 Å². The molecule has 1 aliphatic heterocycles. The maximum absolute atomic E-state index is 12.7. The van der Waals surface area contributed by atoms with Gasteiger partial charge in [0.15, 0.2) is 0 Å². The van der Waals surface area contributed by atoms with Gasteiger partial charge in [-0.2, -0.15) is 0 Å². The minimum atomic E-state index is -0.351. The van der Waals surface area contributed by atoms with E-state index in [2.05, 4.69) is 20.8 Å². The topological polar surface area (TPSA) is 93.0 Å². The monoisotopic (exact) mass is 390 g/mol. The van der Waals surface area contributed by atoms with Crippen LogP contribution in [0.15, 0.2) is 54.9 Å². The molecule has 4 rings (SSSR count). The number of aromatic nitrogens is 4. The quantitative estimate of drug-likeness (QED) is 0.695. The molecule has 2 amide bonds. The Kier molecular flexibility index (Phi) is 5.33. The number of carbonyl (C=O) groups is 2. The number of nitrogens with one attached hydrogen (secondary N) is 1. The second-order valence-corrected chi connectivity index (χ2v) is 7.22. The fourth-order valence-corrected chi connectivity index (χ4v) is 3.52. The van der Waals surface area contributed by atoms with Gasteiger partial charge in [-0.15, -0.1) is 5.10 Å². The Morgan fingerprint density at radius 1 is 1.21 bits per heavy atom. The Bertz CT molecular complexity index is 1000. The van der Waals surface area contributed by atoms with Gasteiger partial charge in [-0.1, -0.05) is 36.4 Å². The first-order valence-corrected chi connectivity index (χ1v) is 9.57. The lowest BCUT2D eigenvalue weighted by Crippen LogP contribution is -2.30. The Labute approximate surface area is 168 Å². The zero-order chi connectivity index (χ0) is 20.2. The Morgan fingerprint density at radius 2 is 2.03 bits per heavy atom. The van der Waals surface area contributed by atoms with Gasteiger partial charge in [0.1, 0.15) is 6.33 Å². The van der Waals surface area contributed by atoms with Crippen molar-refractivity contribution >= 4 is 17.5 Å². The molecule has 1 aliphatic rings. The molecule has 1 aromatic heterocycles. The van der Waals surface area contributed by atoms with E-state index in [-0.39, 0.29) is 24.2 Å². The van der Waals surface area contributed by atoms with E-state index in [1.807, 2.05) is 55.5 Å². The second-order valence-electron chi connectivity index (χ2n) is 7.22. The molecule has 2 heterocycles. The maximum atomic E-state index is 12.7. The van der Waals surface area contributed by atoms with Crippen molar-refractivity contribution in [2.75, 3.05) is 18.4 Å². The normalized spacial score (nSPS) is 16.2. The standard InChI is InChI=1S/C21H22N6O2/c1-15-7-8-18(12-19(15)27-14-22-24-25-27)23-21(29)17-11-20(28)26(13-17)10-9-16-5-3-2-4-6-16/h2-8,12,14,17H,9-11,13H2,1H3,(H,23,29). The van der Waals surface area contributed by atoms with Crippen molar-refractivity contribution in [3.05, 3.63) is 66.0 Å². The van der Waals surface area contributed by atoms with E-state index in [0.29, 0.717) is 18.8 Å². The van der Waals surface area contributed by atoms with Crippen LogP contribution in [0.2, 0.25) is 0 Å². The van der Waals surface area contributed by atoms with E-state index < -0.39 is 0 Å². The molecule has 1 atom stereocenters. The average molecular weight is 390 g/mol. The van der Waals surface area contributed by atoms with Gasteiger partial charge in [0, 0.05) is 25.2 Å². The van der Waals surface area contributed by atoms with Gasteiger partial charge in [0.25, 0.3) is 0 Å². The Hall–Kier alpha value is -3.55. The molecule has 0 radical (unpaired) electrons. The van der Waals surface area contributed by atoms with Crippen molar-refractivity contribution in [3.63, 3.8) is 0 Å². The van der Waals surface area contributed by atoms with Crippen molar-refractivity contribution < 1.29 is 9.59 Å². The molecule has 2 aromatic carbocycles. The lowest BCUT2D eigenvalue weighted by atomic mass is 10.1. The van der Waals surface area contributed by atoms with Crippen molar-refractivity contribution in [2.24, 2.45) is 5.92 Å². The Morgan fingerprint density at radius 3 is 2.79 bits per heavy atom. The van der Waals surface area contributed by atoms with E-state index in [4.69, 9.17) is 0 Å². The first-order chi connectivity index (χ1) is 14.1. The number of nitrogens with zero attached hydrogens (tertiary/aromatic N) is 5. The smallest absolute Gasteiger partial charge is 0.229 e. The first-order valence-electron chi connectivity index (χ1n) is 9.57. The lowest BCUT2D eigenvalue weighted by molar-refractivity contribution is -0.128. The highest BCUT2D eigenvalue weighted by molar-refractivity contribution is 5.97. The van der Waals surface area contributed by atoms with Crippen LogP contribution in [0.25, 0.3) is 5.69 Å². The minimum absolute atomic E-state index is 0.0272. The molecular weight excluding hydrogens is 368 g/mol. The lowest BCUT2D eigenvalue weighted by Gasteiger charge is -2.17. The summed E-state index contributed by atoms with van der Waals surface area (Å²) in [7, 11) is 0. The van der Waals surface area contributed by atoms with Gasteiger partial charge in [0.2, 0.25) is 11.8 Å². The first kappa shape index (κ1) is 18.8. The van der Waals surface area contributed by atoms with Crippen molar-refractivity contribution in [1.29, 1.82) is 0 Å². The number of tetrazole rings is 1. The third-order valence-corrected chi connectivity index (χ3v) is 5.17. The van der Waals surface area contributed by atoms with E-state index in [1.54, 1.807) is 9.58 Å². The highest BCUT2D eigenvalue weighted by Crippen LogP contribution is 2.22. The summed E-state index contributed by atoms with van der Waals surface area (Å²) in [6.07, 6.45) is 2.54. The number of amides is 2. The Balaban J connectivity index is 1.38. The summed E-state index contributed by atoms with van der Waals surface area (Å²) in [5.74, 6) is -0.470. The van der Waals surface area contributed by atoms with Crippen LogP contribution in [-0.2, 0) is 16.0 Å². The number of hydrogen-bond acceptors (Lipinski definition) is 5. The SMILES string of the molecule is Cc1ccc(NC(=O)C2CC(=O)N(CCc3ccccc3)C2)cc1-n1cnnn1. The van der Waals surface area contributed by atoms with Crippen LogP contribution in [-0.4, -0.2) is 50.0 Å². The molecule has 148 valence electrons. The molecular formula is C21H22N6O2. The van der Waals surface area contributed by atoms with Crippen LogP contribution < -0.4 is 5.32 Å². The predicted octanol–water partition coefficient (Wildman–Crippen LogP) is 2.00. The van der Waals surface area contributed by atoms with Gasteiger partial charge in [-0.3, -0.25) is 9.59 Å². The summed E-state index contributed by atoms with van der Waals surface area (Å²) in [5.41, 5.74) is 3.61. The molecule has 0 aliphatic carbocycles. The third-order valence-electron chi connectivity index (χ3n) is 5.17. The number of hydrogen-bond donors (Lipinski definition) is 1. The molecule has 0 saturated carbocycles. The highest BCUT2D eigenvalue weighted by Gasteiger charge is 2.34. The average Bonchev–Trinajstić information content (AvgIpc) is 3.39. The number of carbonyl (C=O) groups excluding carboxylic acids is 2. The highest BCUT2D eigenvalue weighted by atomic mass is 16.2. The molecule has 1 unspecified atom stereocenters. The maximum Gasteiger partial charge on any atom is 0.229 e. The van der Waals surface area contributed by atoms with Gasteiger partial charge in [-0.05, 0) is 47.0 Å². The number of anilines is 1. The fourth-order valence-electron chi connectivity index (χ4n) is 3.52. The number of likely N-dealkylation sites (tertiary alicyclic amines) is 1. The zero-order valence-corrected chi connectivity index (χ0v) is 16.2. The largest absolute Gasteiger partial charge is 0.342 e. The van der Waals surface area contributed by atoms with Gasteiger partial charge >= 0.3 is 0 Å². The van der Waals surface area contributed by atoms with Crippen LogP contribution in [0.4, 0.5) is 5.69 Å². The molecule has 1 N–H and O–H groups in total. The van der Waals surface area contributed by atoms with Gasteiger partial charge in [-0.25, -0.2) is 4.68 Å². The van der Waals surface area contributed by atoms with Crippen molar-refractivity contribution in [2.45, 2.75) is 19.8 Å². The number of aryl methyl sites for hydroxylation is 1. The van der Waals surface area contributed by atoms with Crippen LogP contribution in [0.5, 0.6) is 0 Å². The van der Waals surface area contributed by atoms with E-state index in [1.165, 1.54) is 11.9 Å². The predicted molar refractivity (Wildman–Crippen MR) is 107 cm³/mol. The molecule has 1 saturated heterocycles. The van der Waals surface area contributed by atoms with Crippen LogP contribution >= 0.6 is 0 Å². The summed E-state index contributed by atoms with van der Waals surface area (Å²) in [5, 5.41) is 14.1. The zero-order valence-electron chi connectivity index (χ0n) is 16.2. The third kappa shape index (κ3) is 4.31. The molecule has 3 aromatic rings. The van der Waals surface area contributed by atoms with Gasteiger partial charge in [0.05, 0.1) is 11.6 Å². The molecule has 8 heteroatoms. The molecule has 1 fully saturated rings. The number of rotatable bonds is 6. The summed E-state index contributed by atoms with van der Waals surface area (Å²) < 4.78 is 1.55. The van der Waals surface area contributed by atoms with Crippen LogP contribution in [0.3, 0.4) is 0 Å². The van der Waals surface area contributed by atoms with Crippen molar-refractivity contribution in [3.8, 4) is 5.69 Å².